The lowest BCUT2D eigenvalue weighted by molar-refractivity contribution is 0.230. The Balaban J connectivity index is 1.15. The topological polar surface area (TPSA) is 71.3 Å². The predicted octanol–water partition coefficient (Wildman–Crippen LogP) is 2.37. The van der Waals surface area contributed by atoms with Crippen molar-refractivity contribution in [2.45, 2.75) is 25.0 Å². The number of piperazine rings is 2. The molecule has 1 aromatic carbocycles. The molecule has 3 aliphatic heterocycles. The summed E-state index contributed by atoms with van der Waals surface area (Å²) in [7, 11) is 0. The van der Waals surface area contributed by atoms with Crippen LogP contribution in [0.1, 0.15) is 17.5 Å². The summed E-state index contributed by atoms with van der Waals surface area (Å²) in [5.74, 6) is 1.09. The van der Waals surface area contributed by atoms with Crippen LogP contribution in [-0.2, 0) is 6.54 Å². The Bertz CT molecular complexity index is 1160. The van der Waals surface area contributed by atoms with Crippen molar-refractivity contribution in [3.8, 4) is 6.07 Å². The molecule has 32 heavy (non-hydrogen) atoms. The Morgan fingerprint density at radius 3 is 2.69 bits per heavy atom. The smallest absolute Gasteiger partial charge is 0.128 e. The number of nitrogens with zero attached hydrogens (tertiary/aromatic N) is 6. The summed E-state index contributed by atoms with van der Waals surface area (Å²) in [5, 5.41) is 13.9. The molecule has 3 aliphatic rings. The zero-order valence-corrected chi connectivity index (χ0v) is 18.1. The molecule has 3 fully saturated rings. The Morgan fingerprint density at radius 2 is 1.94 bits per heavy atom. The van der Waals surface area contributed by atoms with Gasteiger partial charge in [0.25, 0.3) is 0 Å². The van der Waals surface area contributed by atoms with Gasteiger partial charge in [-0.2, -0.15) is 5.26 Å². The maximum atomic E-state index is 9.44. The quantitative estimate of drug-likeness (QED) is 0.688. The maximum absolute atomic E-state index is 9.44. The molecule has 0 saturated carbocycles. The van der Waals surface area contributed by atoms with Crippen LogP contribution >= 0.6 is 0 Å². The SMILES string of the molecule is N#Cc1ccc(N2C[C@H]3C[C@@H]2CN3Cc2ccc(N3CCNCC3)nc2)c2cccnc12. The van der Waals surface area contributed by atoms with E-state index in [-0.39, 0.29) is 0 Å². The minimum atomic E-state index is 0.504. The Hall–Kier alpha value is -3.21. The first-order chi connectivity index (χ1) is 15.8. The van der Waals surface area contributed by atoms with Crippen LogP contribution in [0.5, 0.6) is 0 Å². The molecule has 7 nitrogen and oxygen atoms in total. The predicted molar refractivity (Wildman–Crippen MR) is 126 cm³/mol. The van der Waals surface area contributed by atoms with E-state index in [1.807, 2.05) is 12.1 Å². The van der Waals surface area contributed by atoms with E-state index >= 15 is 0 Å². The molecule has 162 valence electrons. The fourth-order valence-electron chi connectivity index (χ4n) is 5.56. The molecule has 0 unspecified atom stereocenters. The second-order valence-electron chi connectivity index (χ2n) is 9.03. The maximum Gasteiger partial charge on any atom is 0.128 e. The molecule has 6 rings (SSSR count). The number of benzene rings is 1. The molecule has 0 spiro atoms. The molecule has 0 aliphatic carbocycles. The van der Waals surface area contributed by atoms with Crippen molar-refractivity contribution in [3.63, 3.8) is 0 Å². The van der Waals surface area contributed by atoms with Gasteiger partial charge in [-0.05, 0) is 42.3 Å². The van der Waals surface area contributed by atoms with Gasteiger partial charge in [-0.3, -0.25) is 9.88 Å². The highest BCUT2D eigenvalue weighted by atomic mass is 15.4. The van der Waals surface area contributed by atoms with Crippen LogP contribution in [0.15, 0.2) is 48.8 Å². The van der Waals surface area contributed by atoms with Gasteiger partial charge in [0.05, 0.1) is 11.1 Å². The summed E-state index contributed by atoms with van der Waals surface area (Å²) in [5.41, 5.74) is 3.95. The molecule has 2 atom stereocenters. The lowest BCUT2D eigenvalue weighted by Crippen LogP contribution is -2.46. The fourth-order valence-corrected chi connectivity index (χ4v) is 5.56. The lowest BCUT2D eigenvalue weighted by Gasteiger charge is -2.36. The first kappa shape index (κ1) is 19.5. The average molecular weight is 426 g/mol. The van der Waals surface area contributed by atoms with E-state index in [2.05, 4.69) is 61.5 Å². The van der Waals surface area contributed by atoms with E-state index in [0.29, 0.717) is 17.6 Å². The van der Waals surface area contributed by atoms with Gasteiger partial charge >= 0.3 is 0 Å². The third kappa shape index (κ3) is 3.36. The molecule has 0 amide bonds. The minimum Gasteiger partial charge on any atom is -0.365 e. The van der Waals surface area contributed by atoms with Crippen molar-refractivity contribution in [2.75, 3.05) is 49.1 Å². The Morgan fingerprint density at radius 1 is 1.03 bits per heavy atom. The van der Waals surface area contributed by atoms with Gasteiger partial charge in [-0.15, -0.1) is 0 Å². The fraction of sp³-hybridized carbons (Fsp3) is 0.400. The van der Waals surface area contributed by atoms with Crippen LogP contribution in [0.25, 0.3) is 10.9 Å². The Kier molecular flexibility index (Phi) is 4.90. The average Bonchev–Trinajstić information content (AvgIpc) is 3.45. The van der Waals surface area contributed by atoms with Gasteiger partial charge in [0, 0.05) is 81.4 Å². The highest BCUT2D eigenvalue weighted by Gasteiger charge is 2.43. The molecule has 2 aromatic heterocycles. The summed E-state index contributed by atoms with van der Waals surface area (Å²) in [6.07, 6.45) is 5.02. The van der Waals surface area contributed by atoms with Gasteiger partial charge in [-0.25, -0.2) is 4.98 Å². The third-order valence-electron chi connectivity index (χ3n) is 7.17. The number of likely N-dealkylation sites (tertiary alicyclic amines) is 1. The standard InChI is InChI=1S/C25H27N7/c26-13-19-4-5-23(22-2-1-7-28-25(19)22)32-17-20-12-21(32)16-31(20)15-18-3-6-24(29-14-18)30-10-8-27-9-11-30/h1-7,14,20-21,27H,8-12,15-17H2/t20-,21-/m1/s1. The summed E-state index contributed by atoms with van der Waals surface area (Å²) in [6.45, 7) is 7.15. The van der Waals surface area contributed by atoms with Gasteiger partial charge in [0.1, 0.15) is 11.9 Å². The van der Waals surface area contributed by atoms with Crippen molar-refractivity contribution in [3.05, 3.63) is 59.9 Å². The van der Waals surface area contributed by atoms with Crippen LogP contribution in [0.3, 0.4) is 0 Å². The van der Waals surface area contributed by atoms with Gasteiger partial charge < -0.3 is 15.1 Å². The van der Waals surface area contributed by atoms with Crippen molar-refractivity contribution in [1.29, 1.82) is 5.26 Å². The highest BCUT2D eigenvalue weighted by Crippen LogP contribution is 2.38. The van der Waals surface area contributed by atoms with Crippen LogP contribution in [-0.4, -0.2) is 66.2 Å². The first-order valence-electron chi connectivity index (χ1n) is 11.5. The first-order valence-corrected chi connectivity index (χ1v) is 11.5. The number of hydrogen-bond donors (Lipinski definition) is 1. The van der Waals surface area contributed by atoms with E-state index in [9.17, 15) is 5.26 Å². The largest absolute Gasteiger partial charge is 0.365 e. The summed E-state index contributed by atoms with van der Waals surface area (Å²) >= 11 is 0. The number of nitrogens with one attached hydrogen (secondary N) is 1. The van der Waals surface area contributed by atoms with E-state index < -0.39 is 0 Å². The monoisotopic (exact) mass is 425 g/mol. The molecule has 3 aromatic rings. The van der Waals surface area contributed by atoms with Crippen molar-refractivity contribution in [2.24, 2.45) is 0 Å². The van der Waals surface area contributed by atoms with Crippen LogP contribution in [0.2, 0.25) is 0 Å². The molecular weight excluding hydrogens is 398 g/mol. The number of aromatic nitrogens is 2. The zero-order valence-electron chi connectivity index (χ0n) is 18.1. The number of fused-ring (bicyclic) bond motifs is 3. The van der Waals surface area contributed by atoms with Gasteiger partial charge in [0.2, 0.25) is 0 Å². The summed E-state index contributed by atoms with van der Waals surface area (Å²) < 4.78 is 0. The van der Waals surface area contributed by atoms with Crippen LogP contribution in [0.4, 0.5) is 11.5 Å². The third-order valence-corrected chi connectivity index (χ3v) is 7.17. The second-order valence-corrected chi connectivity index (χ2v) is 9.03. The summed E-state index contributed by atoms with van der Waals surface area (Å²) in [6, 6.07) is 15.8. The number of pyridine rings is 2. The van der Waals surface area contributed by atoms with Crippen molar-refractivity contribution in [1.82, 2.24) is 20.2 Å². The second kappa shape index (κ2) is 8.05. The molecular formula is C25H27N7. The minimum absolute atomic E-state index is 0.504. The normalized spacial score (nSPS) is 23.1. The van der Waals surface area contributed by atoms with Gasteiger partial charge in [-0.1, -0.05) is 6.07 Å². The number of rotatable bonds is 4. The van der Waals surface area contributed by atoms with E-state index in [4.69, 9.17) is 4.98 Å². The van der Waals surface area contributed by atoms with Crippen molar-refractivity contribution >= 4 is 22.4 Å². The van der Waals surface area contributed by atoms with E-state index in [0.717, 1.165) is 62.5 Å². The molecule has 1 N–H and O–H groups in total. The number of nitriles is 1. The lowest BCUT2D eigenvalue weighted by atomic mass is 10.1. The number of anilines is 2. The molecule has 3 saturated heterocycles. The van der Waals surface area contributed by atoms with E-state index in [1.165, 1.54) is 17.7 Å². The van der Waals surface area contributed by atoms with Crippen molar-refractivity contribution < 1.29 is 0 Å². The zero-order chi connectivity index (χ0) is 21.5. The van der Waals surface area contributed by atoms with E-state index in [1.54, 1.807) is 6.20 Å². The van der Waals surface area contributed by atoms with Gasteiger partial charge in [0.15, 0.2) is 0 Å². The molecule has 0 radical (unpaired) electrons. The number of hydrogen-bond acceptors (Lipinski definition) is 7. The van der Waals surface area contributed by atoms with Crippen LogP contribution < -0.4 is 15.1 Å². The van der Waals surface area contributed by atoms with Crippen LogP contribution in [0, 0.1) is 11.3 Å². The molecule has 2 bridgehead atoms. The summed E-state index contributed by atoms with van der Waals surface area (Å²) in [4.78, 5) is 16.7. The molecule has 7 heteroatoms. The highest BCUT2D eigenvalue weighted by molar-refractivity contribution is 5.95. The Labute approximate surface area is 188 Å². The molecule has 5 heterocycles.